The van der Waals surface area contributed by atoms with E-state index in [4.69, 9.17) is 5.26 Å². The molecule has 4 aromatic rings. The van der Waals surface area contributed by atoms with Crippen LogP contribution in [0.25, 0.3) is 12.2 Å². The molecule has 2 unspecified atom stereocenters. The summed E-state index contributed by atoms with van der Waals surface area (Å²) in [5.41, 5.74) is 2.81. The predicted octanol–water partition coefficient (Wildman–Crippen LogP) is 2.94. The molecule has 0 radical (unpaired) electrons. The number of ketones is 2. The number of nitriles is 1. The van der Waals surface area contributed by atoms with Gasteiger partial charge in [0.1, 0.15) is 12.4 Å². The normalized spacial score (nSPS) is 17.3. The van der Waals surface area contributed by atoms with E-state index < -0.39 is 0 Å². The van der Waals surface area contributed by atoms with Gasteiger partial charge in [-0.1, -0.05) is 79.7 Å². The summed E-state index contributed by atoms with van der Waals surface area (Å²) < 4.78 is 0. The maximum Gasteiger partial charge on any atom is 0.187 e. The molecule has 0 bridgehead atoms. The smallest absolute Gasteiger partial charge is 0.187 e. The summed E-state index contributed by atoms with van der Waals surface area (Å²) in [5, 5.41) is 18.9. The van der Waals surface area contributed by atoms with Crippen molar-refractivity contribution in [2.24, 2.45) is 0 Å². The Balaban J connectivity index is 0.000000271. The minimum atomic E-state index is -0.312. The minimum absolute atomic E-state index is 0.00763. The molecular weight excluding hydrogens is 436 g/mol. The molecule has 0 N–H and O–H groups in total. The van der Waals surface area contributed by atoms with Gasteiger partial charge in [-0.2, -0.15) is 5.26 Å². The summed E-state index contributed by atoms with van der Waals surface area (Å²) in [7, 11) is 0. The number of Topliss-reactive ketones (excluding diaryl/α,β-unsaturated/α-hetero) is 2. The topological polar surface area (TPSA) is 96.6 Å². The van der Waals surface area contributed by atoms with E-state index in [-0.39, 0.29) is 29.1 Å². The van der Waals surface area contributed by atoms with Gasteiger partial charge in [-0.3, -0.25) is 9.59 Å². The molecule has 0 saturated carbocycles. The standard InChI is InChI=1S/C25H18O2.C4H2N4/c1-15-23-18(13-21(25(15)27)16-7-3-2-4-8-16)11-12-20-19-10-6-5-9-17(19)14-22(26)24(20)23;5-1-4-2-6-3-7-8-4/h2-15,21H,1H3;2-3H. The second-order valence-electron chi connectivity index (χ2n) is 8.37. The zero-order valence-electron chi connectivity index (χ0n) is 18.9. The average Bonchev–Trinajstić information content (AvgIpc) is 2.91. The van der Waals surface area contributed by atoms with Crippen LogP contribution in [0.4, 0.5) is 0 Å². The summed E-state index contributed by atoms with van der Waals surface area (Å²) in [6.45, 7) is 1.93. The fourth-order valence-electron chi connectivity index (χ4n) is 4.71. The van der Waals surface area contributed by atoms with Gasteiger partial charge < -0.3 is 0 Å². The van der Waals surface area contributed by atoms with E-state index >= 15 is 0 Å². The number of rotatable bonds is 1. The summed E-state index contributed by atoms with van der Waals surface area (Å²) in [4.78, 5) is 29.7. The number of carbonyl (C=O) groups excluding carboxylic acids is 2. The van der Waals surface area contributed by atoms with E-state index in [9.17, 15) is 9.59 Å². The Labute approximate surface area is 201 Å². The van der Waals surface area contributed by atoms with E-state index in [0.717, 1.165) is 32.0 Å². The second kappa shape index (κ2) is 9.24. The fraction of sp³-hybridized carbons (Fsp3) is 0.103. The van der Waals surface area contributed by atoms with E-state index in [2.05, 4.69) is 21.2 Å². The molecule has 1 aromatic heterocycles. The van der Waals surface area contributed by atoms with Crippen LogP contribution in [0.3, 0.4) is 0 Å². The van der Waals surface area contributed by atoms with Crippen molar-refractivity contribution < 1.29 is 9.59 Å². The summed E-state index contributed by atoms with van der Waals surface area (Å²) >= 11 is 0. The number of hydrogen-bond acceptors (Lipinski definition) is 6. The molecule has 6 rings (SSSR count). The molecule has 2 aliphatic rings. The number of hydrogen-bond donors (Lipinski definition) is 0. The van der Waals surface area contributed by atoms with Crippen LogP contribution >= 0.6 is 0 Å². The maximum absolute atomic E-state index is 13.2. The lowest BCUT2D eigenvalue weighted by atomic mass is 9.76. The van der Waals surface area contributed by atoms with Crippen molar-refractivity contribution >= 4 is 23.7 Å². The van der Waals surface area contributed by atoms with Crippen LogP contribution in [-0.2, 0) is 4.79 Å². The molecule has 1 heterocycles. The van der Waals surface area contributed by atoms with Gasteiger partial charge in [-0.15, -0.1) is 10.2 Å². The van der Waals surface area contributed by atoms with Crippen LogP contribution in [0.5, 0.6) is 0 Å². The Morgan fingerprint density at radius 2 is 1.66 bits per heavy atom. The minimum Gasteiger partial charge on any atom is -0.298 e. The Morgan fingerprint density at radius 1 is 0.886 bits per heavy atom. The van der Waals surface area contributed by atoms with Crippen LogP contribution in [0.2, 0.25) is 0 Å². The summed E-state index contributed by atoms with van der Waals surface area (Å²) in [5.74, 6) is -0.435. The highest BCUT2D eigenvalue weighted by Crippen LogP contribution is 2.32. The van der Waals surface area contributed by atoms with Crippen molar-refractivity contribution in [3.63, 3.8) is 0 Å². The first-order valence-electron chi connectivity index (χ1n) is 11.2. The van der Waals surface area contributed by atoms with Gasteiger partial charge in [0, 0.05) is 11.5 Å². The molecular formula is C29H20N4O2. The van der Waals surface area contributed by atoms with Crippen LogP contribution in [-0.4, -0.2) is 26.7 Å². The van der Waals surface area contributed by atoms with Gasteiger partial charge in [0.05, 0.1) is 12.1 Å². The lowest BCUT2D eigenvalue weighted by Gasteiger charge is -2.26. The lowest BCUT2D eigenvalue weighted by molar-refractivity contribution is -0.120. The number of carbonyl (C=O) groups is 2. The molecule has 168 valence electrons. The van der Waals surface area contributed by atoms with E-state index in [0.29, 0.717) is 5.56 Å². The van der Waals surface area contributed by atoms with Crippen molar-refractivity contribution in [2.45, 2.75) is 18.8 Å². The Hall–Kier alpha value is -4.76. The lowest BCUT2D eigenvalue weighted by Crippen LogP contribution is -2.32. The van der Waals surface area contributed by atoms with Crippen molar-refractivity contribution in [3.8, 4) is 6.07 Å². The largest absolute Gasteiger partial charge is 0.298 e. The molecule has 6 heteroatoms. The van der Waals surface area contributed by atoms with Crippen LogP contribution < -0.4 is 10.4 Å². The molecule has 0 saturated heterocycles. The number of nitrogens with zero attached hydrogens (tertiary/aromatic N) is 4. The van der Waals surface area contributed by atoms with Gasteiger partial charge in [0.25, 0.3) is 0 Å². The highest BCUT2D eigenvalue weighted by atomic mass is 16.1. The van der Waals surface area contributed by atoms with E-state index in [1.807, 2.05) is 73.7 Å². The first-order valence-corrected chi connectivity index (χ1v) is 11.2. The number of fused-ring (bicyclic) bond motifs is 4. The van der Waals surface area contributed by atoms with E-state index in [1.54, 1.807) is 12.1 Å². The highest BCUT2D eigenvalue weighted by molar-refractivity contribution is 6.19. The monoisotopic (exact) mass is 456 g/mol. The predicted molar refractivity (Wildman–Crippen MR) is 130 cm³/mol. The third-order valence-electron chi connectivity index (χ3n) is 6.33. The molecule has 35 heavy (non-hydrogen) atoms. The van der Waals surface area contributed by atoms with Crippen molar-refractivity contribution in [1.29, 1.82) is 5.26 Å². The van der Waals surface area contributed by atoms with Gasteiger partial charge >= 0.3 is 0 Å². The quantitative estimate of drug-likeness (QED) is 0.437. The van der Waals surface area contributed by atoms with Gasteiger partial charge in [-0.25, -0.2) is 4.98 Å². The highest BCUT2D eigenvalue weighted by Gasteiger charge is 2.32. The zero-order valence-corrected chi connectivity index (χ0v) is 18.9. The van der Waals surface area contributed by atoms with Crippen molar-refractivity contribution in [3.05, 3.63) is 123 Å². The molecule has 0 spiro atoms. The van der Waals surface area contributed by atoms with Crippen LogP contribution in [0.15, 0.2) is 79.3 Å². The molecule has 2 aliphatic carbocycles. The Kier molecular flexibility index (Phi) is 5.82. The third-order valence-corrected chi connectivity index (χ3v) is 6.33. The van der Waals surface area contributed by atoms with Crippen LogP contribution in [0, 0.1) is 21.8 Å². The van der Waals surface area contributed by atoms with Gasteiger partial charge in [0.15, 0.2) is 17.3 Å². The molecule has 3 aromatic carbocycles. The van der Waals surface area contributed by atoms with Gasteiger partial charge in [-0.05, 0) is 38.1 Å². The molecule has 6 nitrogen and oxygen atoms in total. The number of benzene rings is 3. The second-order valence-corrected chi connectivity index (χ2v) is 8.37. The summed E-state index contributed by atoms with van der Waals surface area (Å²) in [6.07, 6.45) is 6.34. The van der Waals surface area contributed by atoms with E-state index in [1.165, 1.54) is 12.5 Å². The zero-order chi connectivity index (χ0) is 24.4. The first-order chi connectivity index (χ1) is 17.1. The summed E-state index contributed by atoms with van der Waals surface area (Å²) in [6, 6.07) is 23.6. The molecule has 2 atom stereocenters. The Bertz CT molecular complexity index is 1710. The Morgan fingerprint density at radius 3 is 2.37 bits per heavy atom. The third kappa shape index (κ3) is 4.04. The van der Waals surface area contributed by atoms with Crippen molar-refractivity contribution in [1.82, 2.24) is 15.2 Å². The first kappa shape index (κ1) is 22.1. The van der Waals surface area contributed by atoms with Gasteiger partial charge in [0.2, 0.25) is 0 Å². The fourth-order valence-corrected chi connectivity index (χ4v) is 4.71. The molecule has 0 aliphatic heterocycles. The van der Waals surface area contributed by atoms with Crippen molar-refractivity contribution in [2.75, 3.05) is 0 Å². The van der Waals surface area contributed by atoms with Crippen LogP contribution in [0.1, 0.15) is 45.9 Å². The molecule has 0 fully saturated rings. The maximum atomic E-state index is 13.2. The average molecular weight is 457 g/mol. The number of aromatic nitrogens is 3. The SMILES string of the molecule is CC1C(=O)C(c2ccccc2)C=c2ccc3c(c21)C(=O)C=c1ccccc1=3.N#Cc1cncnn1. The molecule has 0 amide bonds.